The number of ether oxygens (including phenoxy) is 4. The summed E-state index contributed by atoms with van der Waals surface area (Å²) in [5, 5.41) is 12.3. The van der Waals surface area contributed by atoms with Crippen LogP contribution in [0.15, 0.2) is 103 Å². The summed E-state index contributed by atoms with van der Waals surface area (Å²) in [6.45, 7) is 3.14. The van der Waals surface area contributed by atoms with Gasteiger partial charge in [0, 0.05) is 5.69 Å². The van der Waals surface area contributed by atoms with E-state index < -0.39 is 5.91 Å². The maximum atomic E-state index is 12.6. The molecule has 0 radical (unpaired) electrons. The van der Waals surface area contributed by atoms with Crippen LogP contribution >= 0.6 is 0 Å². The molecule has 0 spiro atoms. The smallest absolute Gasteiger partial charge is 0.266 e. The summed E-state index contributed by atoms with van der Waals surface area (Å²) < 4.78 is 23.4. The molecule has 0 aliphatic heterocycles. The van der Waals surface area contributed by atoms with Crippen molar-refractivity contribution < 1.29 is 23.7 Å². The number of para-hydroxylation sites is 1. The molecule has 202 valence electrons. The lowest BCUT2D eigenvalue weighted by Crippen LogP contribution is -2.13. The zero-order chi connectivity index (χ0) is 28.2. The van der Waals surface area contributed by atoms with Gasteiger partial charge in [0.15, 0.2) is 23.0 Å². The molecule has 0 aliphatic rings. The van der Waals surface area contributed by atoms with E-state index in [2.05, 4.69) is 5.32 Å². The number of methoxy groups -OCH3 is 1. The lowest BCUT2D eigenvalue weighted by atomic mass is 10.1. The molecule has 40 heavy (non-hydrogen) atoms. The SMILES string of the molecule is CCOc1cc(COc2ccc(/C=C(\C#N)C(=O)Nc3ccccc3)cc2OC)ccc1OCc1ccccc1. The van der Waals surface area contributed by atoms with Gasteiger partial charge in [0.2, 0.25) is 0 Å². The summed E-state index contributed by atoms with van der Waals surface area (Å²) in [5.41, 5.74) is 3.17. The molecular formula is C33H30N2O5. The van der Waals surface area contributed by atoms with Crippen LogP contribution in [-0.2, 0) is 18.0 Å². The topological polar surface area (TPSA) is 89.8 Å². The molecule has 4 rings (SSSR count). The second kappa shape index (κ2) is 14.1. The summed E-state index contributed by atoms with van der Waals surface area (Å²) in [6.07, 6.45) is 1.51. The van der Waals surface area contributed by atoms with Crippen molar-refractivity contribution in [1.82, 2.24) is 0 Å². The molecule has 0 heterocycles. The second-order valence-electron chi connectivity index (χ2n) is 8.68. The molecule has 0 unspecified atom stereocenters. The number of carbonyl (C=O) groups is 1. The van der Waals surface area contributed by atoms with E-state index in [1.165, 1.54) is 13.2 Å². The molecule has 1 amide bonds. The molecule has 0 bridgehead atoms. The highest BCUT2D eigenvalue weighted by Gasteiger charge is 2.12. The first-order valence-electron chi connectivity index (χ1n) is 12.8. The van der Waals surface area contributed by atoms with Crippen LogP contribution in [0.2, 0.25) is 0 Å². The number of nitrogens with one attached hydrogen (secondary N) is 1. The number of anilines is 1. The number of nitrogens with zero attached hydrogens (tertiary/aromatic N) is 1. The van der Waals surface area contributed by atoms with Gasteiger partial charge in [-0.05, 0) is 66.1 Å². The predicted molar refractivity (Wildman–Crippen MR) is 154 cm³/mol. The number of rotatable bonds is 12. The molecule has 1 N–H and O–H groups in total. The van der Waals surface area contributed by atoms with Gasteiger partial charge in [0.1, 0.15) is 24.9 Å². The van der Waals surface area contributed by atoms with Crippen LogP contribution in [0.5, 0.6) is 23.0 Å². The highest BCUT2D eigenvalue weighted by atomic mass is 16.5. The predicted octanol–water partition coefficient (Wildman–Crippen LogP) is 6.80. The number of hydrogen-bond donors (Lipinski definition) is 1. The van der Waals surface area contributed by atoms with Crippen LogP contribution in [0.4, 0.5) is 5.69 Å². The fraction of sp³-hybridized carbons (Fsp3) is 0.152. The van der Waals surface area contributed by atoms with E-state index in [4.69, 9.17) is 18.9 Å². The Bertz CT molecular complexity index is 1490. The molecule has 0 saturated carbocycles. The van der Waals surface area contributed by atoms with Gasteiger partial charge < -0.3 is 24.3 Å². The van der Waals surface area contributed by atoms with Crippen molar-refractivity contribution in [2.75, 3.05) is 19.0 Å². The number of amides is 1. The fourth-order valence-electron chi connectivity index (χ4n) is 3.85. The Morgan fingerprint density at radius 3 is 2.10 bits per heavy atom. The van der Waals surface area contributed by atoms with Gasteiger partial charge in [-0.2, -0.15) is 5.26 Å². The summed E-state index contributed by atoms with van der Waals surface area (Å²) >= 11 is 0. The van der Waals surface area contributed by atoms with E-state index in [-0.39, 0.29) is 12.2 Å². The van der Waals surface area contributed by atoms with Crippen molar-refractivity contribution in [3.63, 3.8) is 0 Å². The van der Waals surface area contributed by atoms with E-state index in [0.717, 1.165) is 11.1 Å². The van der Waals surface area contributed by atoms with Crippen molar-refractivity contribution in [2.24, 2.45) is 0 Å². The van der Waals surface area contributed by atoms with E-state index in [0.29, 0.717) is 47.5 Å². The van der Waals surface area contributed by atoms with E-state index in [1.54, 1.807) is 42.5 Å². The fourth-order valence-corrected chi connectivity index (χ4v) is 3.85. The lowest BCUT2D eigenvalue weighted by Gasteiger charge is -2.15. The first-order chi connectivity index (χ1) is 19.6. The molecule has 0 aromatic heterocycles. The Kier molecular flexibility index (Phi) is 9.78. The third-order valence-electron chi connectivity index (χ3n) is 5.83. The Morgan fingerprint density at radius 1 is 0.775 bits per heavy atom. The number of benzene rings is 4. The summed E-state index contributed by atoms with van der Waals surface area (Å²) in [7, 11) is 1.54. The molecule has 0 atom stereocenters. The first kappa shape index (κ1) is 27.8. The number of nitriles is 1. The quantitative estimate of drug-likeness (QED) is 0.159. The van der Waals surface area contributed by atoms with Crippen LogP contribution in [-0.4, -0.2) is 19.6 Å². The molecular weight excluding hydrogens is 504 g/mol. The Balaban J connectivity index is 1.43. The second-order valence-corrected chi connectivity index (χ2v) is 8.68. The minimum atomic E-state index is -0.491. The third-order valence-corrected chi connectivity index (χ3v) is 5.83. The molecule has 0 saturated heterocycles. The maximum Gasteiger partial charge on any atom is 0.266 e. The van der Waals surface area contributed by atoms with Crippen molar-refractivity contribution >= 4 is 17.7 Å². The van der Waals surface area contributed by atoms with Gasteiger partial charge >= 0.3 is 0 Å². The van der Waals surface area contributed by atoms with Crippen LogP contribution in [0.25, 0.3) is 6.08 Å². The van der Waals surface area contributed by atoms with E-state index >= 15 is 0 Å². The normalized spacial score (nSPS) is 10.8. The van der Waals surface area contributed by atoms with Crippen LogP contribution in [0.3, 0.4) is 0 Å². The van der Waals surface area contributed by atoms with E-state index in [1.807, 2.05) is 67.6 Å². The van der Waals surface area contributed by atoms with Gasteiger partial charge in [-0.3, -0.25) is 4.79 Å². The average Bonchev–Trinajstić information content (AvgIpc) is 2.99. The monoisotopic (exact) mass is 534 g/mol. The summed E-state index contributed by atoms with van der Waals surface area (Å²) in [6, 6.07) is 31.8. The van der Waals surface area contributed by atoms with Crippen molar-refractivity contribution in [3.8, 4) is 29.1 Å². The van der Waals surface area contributed by atoms with Crippen molar-refractivity contribution in [2.45, 2.75) is 20.1 Å². The number of carbonyl (C=O) groups excluding carboxylic acids is 1. The van der Waals surface area contributed by atoms with Crippen LogP contribution in [0.1, 0.15) is 23.6 Å². The summed E-state index contributed by atoms with van der Waals surface area (Å²) in [4.78, 5) is 12.6. The van der Waals surface area contributed by atoms with Gasteiger partial charge in [-0.25, -0.2) is 0 Å². The van der Waals surface area contributed by atoms with Gasteiger partial charge in [0.05, 0.1) is 13.7 Å². The summed E-state index contributed by atoms with van der Waals surface area (Å²) in [5.74, 6) is 1.81. The van der Waals surface area contributed by atoms with E-state index in [9.17, 15) is 10.1 Å². The highest BCUT2D eigenvalue weighted by Crippen LogP contribution is 2.32. The molecule has 4 aromatic carbocycles. The lowest BCUT2D eigenvalue weighted by molar-refractivity contribution is -0.112. The minimum Gasteiger partial charge on any atom is -0.493 e. The van der Waals surface area contributed by atoms with Gasteiger partial charge in [0.25, 0.3) is 5.91 Å². The molecule has 4 aromatic rings. The Hall–Kier alpha value is -5.22. The largest absolute Gasteiger partial charge is 0.493 e. The zero-order valence-corrected chi connectivity index (χ0v) is 22.4. The van der Waals surface area contributed by atoms with Gasteiger partial charge in [-0.15, -0.1) is 0 Å². The maximum absolute atomic E-state index is 12.6. The molecule has 7 nitrogen and oxygen atoms in total. The van der Waals surface area contributed by atoms with Gasteiger partial charge in [-0.1, -0.05) is 60.7 Å². The first-order valence-corrected chi connectivity index (χ1v) is 12.8. The molecule has 7 heteroatoms. The zero-order valence-electron chi connectivity index (χ0n) is 22.4. The molecule has 0 aliphatic carbocycles. The van der Waals surface area contributed by atoms with Crippen LogP contribution in [0, 0.1) is 11.3 Å². The Labute approximate surface area is 234 Å². The van der Waals surface area contributed by atoms with Crippen molar-refractivity contribution in [1.29, 1.82) is 5.26 Å². The van der Waals surface area contributed by atoms with Crippen molar-refractivity contribution in [3.05, 3.63) is 119 Å². The van der Waals surface area contributed by atoms with Crippen LogP contribution < -0.4 is 24.3 Å². The third kappa shape index (κ3) is 7.65. The number of hydrogen-bond acceptors (Lipinski definition) is 6. The average molecular weight is 535 g/mol. The minimum absolute atomic E-state index is 0.0300. The molecule has 0 fully saturated rings. The Morgan fingerprint density at radius 2 is 1.43 bits per heavy atom. The standard InChI is InChI=1S/C33H30N2O5/c1-3-38-32-20-26(15-17-30(32)39-22-24-10-6-4-7-11-24)23-40-29-16-14-25(19-31(29)37-2)18-27(21-34)33(36)35-28-12-8-5-9-13-28/h4-20H,3,22-23H2,1-2H3,(H,35,36)/b27-18+. The highest BCUT2D eigenvalue weighted by molar-refractivity contribution is 6.09.